The number of anilines is 1. The fourth-order valence-corrected chi connectivity index (χ4v) is 5.35. The van der Waals surface area contributed by atoms with Gasteiger partial charge in [-0.3, -0.25) is 4.99 Å². The molecule has 0 aliphatic carbocycles. The molecule has 7 heteroatoms. The summed E-state index contributed by atoms with van der Waals surface area (Å²) in [4.78, 5) is 8.73. The van der Waals surface area contributed by atoms with Crippen LogP contribution in [0.1, 0.15) is 67.9 Å². The van der Waals surface area contributed by atoms with Gasteiger partial charge >= 0.3 is 0 Å². The smallest absolute Gasteiger partial charge is 0.226 e. The van der Waals surface area contributed by atoms with E-state index in [1.165, 1.54) is 43.5 Å². The summed E-state index contributed by atoms with van der Waals surface area (Å²) in [6.07, 6.45) is 9.27. The molecule has 3 aromatic carbocycles. The zero-order valence-corrected chi connectivity index (χ0v) is 28.6. The fraction of sp³-hybridized carbons (Fsp3) is 0.350. The molecule has 0 heterocycles. The molecule has 2 N–H and O–H groups in total. The topological polar surface area (TPSA) is 58.0 Å². The van der Waals surface area contributed by atoms with Crippen molar-refractivity contribution in [2.75, 3.05) is 25.7 Å². The van der Waals surface area contributed by atoms with Crippen LogP contribution in [-0.2, 0) is 19.3 Å². The van der Waals surface area contributed by atoms with Crippen LogP contribution in [0.5, 0.6) is 5.75 Å². The van der Waals surface area contributed by atoms with Crippen LogP contribution in [0.15, 0.2) is 114 Å². The van der Waals surface area contributed by atoms with E-state index in [0.29, 0.717) is 35.3 Å². The number of benzene rings is 3. The lowest BCUT2D eigenvalue weighted by molar-refractivity contribution is 0.252. The highest BCUT2D eigenvalue weighted by atomic mass is 19.1. The zero-order valence-electron chi connectivity index (χ0n) is 28.6. The van der Waals surface area contributed by atoms with Gasteiger partial charge in [-0.05, 0) is 79.6 Å². The number of rotatable bonds is 18. The Bertz CT molecular complexity index is 1570. The SMILES string of the molecule is C=C/N=C(/Oc1cccc(NC(=C)N/C(=C/C(=N\C)C(C)(CF)CF)Cc2ccccc2)c1)c1cc(CC)c(CCCCC)cc1C. The molecule has 0 saturated heterocycles. The number of unbranched alkanes of at least 4 members (excludes halogenated alkanes) is 2. The summed E-state index contributed by atoms with van der Waals surface area (Å²) in [6.45, 7) is 14.3. The Morgan fingerprint density at radius 1 is 0.979 bits per heavy atom. The van der Waals surface area contributed by atoms with Gasteiger partial charge in [0.2, 0.25) is 5.90 Å². The van der Waals surface area contributed by atoms with E-state index in [1.807, 2.05) is 54.6 Å². The average Bonchev–Trinajstić information content (AvgIpc) is 3.07. The van der Waals surface area contributed by atoms with Gasteiger partial charge in [0.1, 0.15) is 19.1 Å². The Balaban J connectivity index is 1.83. The summed E-state index contributed by atoms with van der Waals surface area (Å²) < 4.78 is 34.2. The first-order chi connectivity index (χ1) is 22.7. The molecule has 0 spiro atoms. The minimum atomic E-state index is -1.34. The van der Waals surface area contributed by atoms with Gasteiger partial charge in [-0.15, -0.1) is 0 Å². The van der Waals surface area contributed by atoms with Crippen molar-refractivity contribution in [1.29, 1.82) is 0 Å². The number of aryl methyl sites for hydroxylation is 3. The predicted molar refractivity (Wildman–Crippen MR) is 195 cm³/mol. The van der Waals surface area contributed by atoms with Crippen LogP contribution < -0.4 is 15.4 Å². The number of hydrogen-bond acceptors (Lipinski definition) is 5. The van der Waals surface area contributed by atoms with Crippen LogP contribution in [0.2, 0.25) is 0 Å². The number of allylic oxidation sites excluding steroid dienone is 2. The summed E-state index contributed by atoms with van der Waals surface area (Å²) in [5.41, 5.74) is 6.16. The molecule has 0 bridgehead atoms. The van der Waals surface area contributed by atoms with Crippen LogP contribution >= 0.6 is 0 Å². The maximum Gasteiger partial charge on any atom is 0.226 e. The highest BCUT2D eigenvalue weighted by molar-refractivity contribution is 6.00. The van der Waals surface area contributed by atoms with Crippen molar-refractivity contribution in [3.63, 3.8) is 0 Å². The molecule has 0 fully saturated rings. The van der Waals surface area contributed by atoms with E-state index in [-0.39, 0.29) is 0 Å². The number of aliphatic imine (C=N–C) groups is 2. The molecule has 0 atom stereocenters. The van der Waals surface area contributed by atoms with E-state index in [4.69, 9.17) is 4.74 Å². The molecular weight excluding hydrogens is 590 g/mol. The Hall–Kier alpha value is -4.52. The van der Waals surface area contributed by atoms with E-state index < -0.39 is 18.8 Å². The fourth-order valence-electron chi connectivity index (χ4n) is 5.35. The van der Waals surface area contributed by atoms with Gasteiger partial charge in [0.05, 0.1) is 11.2 Å². The van der Waals surface area contributed by atoms with Crippen molar-refractivity contribution in [1.82, 2.24) is 5.32 Å². The lowest BCUT2D eigenvalue weighted by atomic mass is 9.87. The van der Waals surface area contributed by atoms with Crippen molar-refractivity contribution in [3.8, 4) is 5.75 Å². The molecule has 47 heavy (non-hydrogen) atoms. The van der Waals surface area contributed by atoms with Gasteiger partial charge < -0.3 is 15.4 Å². The van der Waals surface area contributed by atoms with E-state index in [2.05, 4.69) is 66.7 Å². The van der Waals surface area contributed by atoms with Crippen LogP contribution in [0.25, 0.3) is 0 Å². The second kappa shape index (κ2) is 18.6. The largest absolute Gasteiger partial charge is 0.438 e. The molecular formula is C40H50F2N4O. The van der Waals surface area contributed by atoms with Crippen LogP contribution in [-0.4, -0.2) is 32.0 Å². The Kier molecular flexibility index (Phi) is 14.6. The second-order valence-electron chi connectivity index (χ2n) is 12.0. The van der Waals surface area contributed by atoms with Crippen molar-refractivity contribution < 1.29 is 13.5 Å². The number of hydrogen-bond donors (Lipinski definition) is 2. The summed E-state index contributed by atoms with van der Waals surface area (Å²) in [5, 5.41) is 6.59. The van der Waals surface area contributed by atoms with Gasteiger partial charge in [0.15, 0.2) is 0 Å². The van der Waals surface area contributed by atoms with E-state index in [0.717, 1.165) is 35.2 Å². The second-order valence-corrected chi connectivity index (χ2v) is 12.0. The molecule has 0 aliphatic heterocycles. The average molecular weight is 641 g/mol. The van der Waals surface area contributed by atoms with E-state index in [1.54, 1.807) is 13.1 Å². The molecule has 0 amide bonds. The molecule has 3 aromatic rings. The number of ether oxygens (including phenoxy) is 1. The summed E-state index contributed by atoms with van der Waals surface area (Å²) in [6, 6.07) is 21.8. The van der Waals surface area contributed by atoms with Gasteiger partial charge in [-0.1, -0.05) is 82.3 Å². The minimum Gasteiger partial charge on any atom is -0.438 e. The van der Waals surface area contributed by atoms with Gasteiger partial charge in [0, 0.05) is 48.4 Å². The number of halogens is 2. The standard InChI is InChI=1S/C40H50F2N4O/c1-8-11-13-19-33-22-29(4)37(24-32(33)9-2)39(44-10-3)47-36-21-16-20-34(25-36)45-30(5)46-35(23-31-17-14-12-15-18-31)26-38(43-7)40(6,27-41)28-42/h10,12,14-18,20-22,24-26,45-46H,3,5,8-9,11,13,19,23,27-28H2,1-2,4,6-7H3/b35-26+,43-38+,44-39+. The van der Waals surface area contributed by atoms with Gasteiger partial charge in [-0.25, -0.2) is 13.8 Å². The first-order valence-electron chi connectivity index (χ1n) is 16.4. The molecule has 0 saturated carbocycles. The number of alkyl halides is 2. The minimum absolute atomic E-state index is 0.327. The summed E-state index contributed by atoms with van der Waals surface area (Å²) >= 11 is 0. The predicted octanol–water partition coefficient (Wildman–Crippen LogP) is 9.87. The third-order valence-electron chi connectivity index (χ3n) is 8.07. The molecule has 3 rings (SSSR count). The van der Waals surface area contributed by atoms with Crippen LogP contribution in [0, 0.1) is 12.3 Å². The van der Waals surface area contributed by atoms with Gasteiger partial charge in [0.25, 0.3) is 0 Å². The zero-order chi connectivity index (χ0) is 34.2. The Labute approximate surface area is 280 Å². The molecule has 0 aliphatic rings. The third-order valence-corrected chi connectivity index (χ3v) is 8.07. The van der Waals surface area contributed by atoms with Crippen LogP contribution in [0.3, 0.4) is 0 Å². The molecule has 0 aromatic heterocycles. The third kappa shape index (κ3) is 10.8. The quantitative estimate of drug-likeness (QED) is 0.0827. The molecule has 0 unspecified atom stereocenters. The van der Waals surface area contributed by atoms with Crippen molar-refractivity contribution >= 4 is 17.3 Å². The van der Waals surface area contributed by atoms with Gasteiger partial charge in [-0.2, -0.15) is 0 Å². The highest BCUT2D eigenvalue weighted by Gasteiger charge is 2.30. The highest BCUT2D eigenvalue weighted by Crippen LogP contribution is 2.26. The molecule has 0 radical (unpaired) electrons. The first-order valence-corrected chi connectivity index (χ1v) is 16.4. The monoisotopic (exact) mass is 640 g/mol. The number of nitrogens with zero attached hydrogens (tertiary/aromatic N) is 2. The van der Waals surface area contributed by atoms with Crippen LogP contribution in [0.4, 0.5) is 14.5 Å². The maximum absolute atomic E-state index is 13.9. The van der Waals surface area contributed by atoms with Crippen molar-refractivity contribution in [3.05, 3.63) is 131 Å². The Morgan fingerprint density at radius 2 is 1.72 bits per heavy atom. The maximum atomic E-state index is 13.9. The summed E-state index contributed by atoms with van der Waals surface area (Å²) in [5.74, 6) is 1.55. The van der Waals surface area contributed by atoms with Crippen molar-refractivity contribution in [2.24, 2.45) is 15.4 Å². The lowest BCUT2D eigenvalue weighted by Gasteiger charge is -2.24. The van der Waals surface area contributed by atoms with Crippen molar-refractivity contribution in [2.45, 2.75) is 66.2 Å². The van der Waals surface area contributed by atoms with E-state index in [9.17, 15) is 8.78 Å². The first kappa shape index (κ1) is 36.9. The summed E-state index contributed by atoms with van der Waals surface area (Å²) in [7, 11) is 1.55. The Morgan fingerprint density at radius 3 is 2.36 bits per heavy atom. The normalized spacial score (nSPS) is 12.5. The molecule has 250 valence electrons. The number of nitrogens with one attached hydrogen (secondary N) is 2. The lowest BCUT2D eigenvalue weighted by Crippen LogP contribution is -2.32. The molecule has 5 nitrogen and oxygen atoms in total. The van der Waals surface area contributed by atoms with E-state index >= 15 is 0 Å².